The molecule has 1 fully saturated rings. The van der Waals surface area contributed by atoms with Crippen LogP contribution in [0.3, 0.4) is 0 Å². The smallest absolute Gasteiger partial charge is 0.269 e. The molecule has 0 saturated carbocycles. The molecule has 1 saturated heterocycles. The van der Waals surface area contributed by atoms with Gasteiger partial charge < -0.3 is 20.4 Å². The number of nitro groups is 1. The largest absolute Gasteiger partial charge is 0.385 e. The fourth-order valence-corrected chi connectivity index (χ4v) is 3.55. The number of amides is 2. The van der Waals surface area contributed by atoms with E-state index in [1.165, 1.54) is 12.1 Å². The van der Waals surface area contributed by atoms with Gasteiger partial charge in [0.05, 0.1) is 11.5 Å². The summed E-state index contributed by atoms with van der Waals surface area (Å²) in [5, 5.41) is 17.1. The highest BCUT2D eigenvalue weighted by molar-refractivity contribution is 6.30. The lowest BCUT2D eigenvalue weighted by Gasteiger charge is -2.36. The standard InChI is InChI=1S/C22H26ClN5O4/c23-17-3-7-19(8-4-17)26-12-14-27(15-13-26)22(30)16-25-21(29)2-1-11-24-18-5-9-20(10-6-18)28(31)32/h3-10,24H,1-2,11-16H2,(H,25,29). The number of rotatable bonds is 9. The number of non-ortho nitro benzene ring substituents is 1. The SMILES string of the molecule is O=C(CCCNc1ccc([N+](=O)[O-])cc1)NCC(=O)N1CCN(c2ccc(Cl)cc2)CC1. The zero-order chi connectivity index (χ0) is 22.9. The van der Waals surface area contributed by atoms with E-state index in [9.17, 15) is 19.7 Å². The molecular formula is C22H26ClN5O4. The van der Waals surface area contributed by atoms with Crippen LogP contribution in [0.25, 0.3) is 0 Å². The Morgan fingerprint density at radius 1 is 1.00 bits per heavy atom. The van der Waals surface area contributed by atoms with Crippen molar-refractivity contribution in [1.29, 1.82) is 0 Å². The third-order valence-electron chi connectivity index (χ3n) is 5.25. The predicted molar refractivity (Wildman–Crippen MR) is 124 cm³/mol. The van der Waals surface area contributed by atoms with E-state index in [4.69, 9.17) is 11.6 Å². The Kier molecular flexibility index (Phi) is 8.27. The van der Waals surface area contributed by atoms with E-state index in [1.807, 2.05) is 24.3 Å². The molecular weight excluding hydrogens is 434 g/mol. The van der Waals surface area contributed by atoms with Gasteiger partial charge in [-0.05, 0) is 42.8 Å². The summed E-state index contributed by atoms with van der Waals surface area (Å²) in [6, 6.07) is 13.8. The molecule has 2 aromatic rings. The van der Waals surface area contributed by atoms with Crippen LogP contribution in [0.15, 0.2) is 48.5 Å². The number of anilines is 2. The number of nitro benzene ring substituents is 1. The first-order valence-corrected chi connectivity index (χ1v) is 10.8. The molecule has 0 aromatic heterocycles. The van der Waals surface area contributed by atoms with Crippen molar-refractivity contribution in [3.8, 4) is 0 Å². The maximum atomic E-state index is 12.4. The second-order valence-corrected chi connectivity index (χ2v) is 7.89. The number of carbonyl (C=O) groups excluding carboxylic acids is 2. The molecule has 0 bridgehead atoms. The Hall–Kier alpha value is -3.33. The van der Waals surface area contributed by atoms with Gasteiger partial charge in [-0.25, -0.2) is 0 Å². The van der Waals surface area contributed by atoms with Crippen molar-refractivity contribution in [2.45, 2.75) is 12.8 Å². The zero-order valence-electron chi connectivity index (χ0n) is 17.6. The van der Waals surface area contributed by atoms with E-state index in [-0.39, 0.29) is 30.5 Å². The van der Waals surface area contributed by atoms with Gasteiger partial charge in [0.15, 0.2) is 0 Å². The second kappa shape index (κ2) is 11.3. The highest BCUT2D eigenvalue weighted by atomic mass is 35.5. The molecule has 2 N–H and O–H groups in total. The molecule has 10 heteroatoms. The van der Waals surface area contributed by atoms with Crippen LogP contribution in [0, 0.1) is 10.1 Å². The third-order valence-corrected chi connectivity index (χ3v) is 5.50. The van der Waals surface area contributed by atoms with E-state index in [1.54, 1.807) is 17.0 Å². The van der Waals surface area contributed by atoms with Crippen LogP contribution in [0.5, 0.6) is 0 Å². The first kappa shape index (κ1) is 23.3. The molecule has 1 heterocycles. The van der Waals surface area contributed by atoms with Crippen LogP contribution in [0.2, 0.25) is 5.02 Å². The monoisotopic (exact) mass is 459 g/mol. The minimum Gasteiger partial charge on any atom is -0.385 e. The summed E-state index contributed by atoms with van der Waals surface area (Å²) in [7, 11) is 0. The lowest BCUT2D eigenvalue weighted by molar-refractivity contribution is -0.384. The molecule has 0 spiro atoms. The van der Waals surface area contributed by atoms with Gasteiger partial charge in [0.1, 0.15) is 0 Å². The Bertz CT molecular complexity index is 928. The summed E-state index contributed by atoms with van der Waals surface area (Å²) in [6.07, 6.45) is 0.869. The second-order valence-electron chi connectivity index (χ2n) is 7.46. The Balaban J connectivity index is 1.29. The van der Waals surface area contributed by atoms with Crippen molar-refractivity contribution < 1.29 is 14.5 Å². The van der Waals surface area contributed by atoms with Gasteiger partial charge in [-0.3, -0.25) is 19.7 Å². The van der Waals surface area contributed by atoms with Crippen molar-refractivity contribution in [2.75, 3.05) is 49.5 Å². The van der Waals surface area contributed by atoms with Crippen molar-refractivity contribution >= 4 is 40.5 Å². The Labute approximate surface area is 191 Å². The molecule has 1 aliphatic heterocycles. The van der Waals surface area contributed by atoms with E-state index in [0.717, 1.165) is 24.5 Å². The summed E-state index contributed by atoms with van der Waals surface area (Å²) in [5.74, 6) is -0.262. The van der Waals surface area contributed by atoms with E-state index in [2.05, 4.69) is 15.5 Å². The summed E-state index contributed by atoms with van der Waals surface area (Å²) in [4.78, 5) is 38.6. The van der Waals surface area contributed by atoms with Crippen molar-refractivity contribution in [3.63, 3.8) is 0 Å². The van der Waals surface area contributed by atoms with Crippen LogP contribution < -0.4 is 15.5 Å². The minimum absolute atomic E-state index is 0.00441. The van der Waals surface area contributed by atoms with Crippen LogP contribution in [0.1, 0.15) is 12.8 Å². The van der Waals surface area contributed by atoms with Gasteiger partial charge in [0.2, 0.25) is 11.8 Å². The molecule has 0 unspecified atom stereocenters. The van der Waals surface area contributed by atoms with Crippen LogP contribution in [0.4, 0.5) is 17.1 Å². The van der Waals surface area contributed by atoms with E-state index in [0.29, 0.717) is 31.1 Å². The van der Waals surface area contributed by atoms with Gasteiger partial charge in [-0.15, -0.1) is 0 Å². The van der Waals surface area contributed by atoms with E-state index >= 15 is 0 Å². The number of benzene rings is 2. The van der Waals surface area contributed by atoms with Crippen LogP contribution in [-0.4, -0.2) is 60.9 Å². The average Bonchev–Trinajstić information content (AvgIpc) is 2.81. The number of halogens is 1. The molecule has 1 aliphatic rings. The first-order chi connectivity index (χ1) is 15.4. The minimum atomic E-state index is -0.449. The van der Waals surface area contributed by atoms with Gasteiger partial charge in [-0.1, -0.05) is 11.6 Å². The molecule has 9 nitrogen and oxygen atoms in total. The predicted octanol–water partition coefficient (Wildman–Crippen LogP) is 2.91. The molecule has 3 rings (SSSR count). The third kappa shape index (κ3) is 6.84. The molecule has 2 amide bonds. The maximum Gasteiger partial charge on any atom is 0.269 e. The molecule has 2 aromatic carbocycles. The highest BCUT2D eigenvalue weighted by Crippen LogP contribution is 2.19. The molecule has 170 valence electrons. The number of nitrogens with zero attached hydrogens (tertiary/aromatic N) is 3. The normalized spacial score (nSPS) is 13.5. The molecule has 32 heavy (non-hydrogen) atoms. The number of carbonyl (C=O) groups is 2. The Morgan fingerprint density at radius 3 is 2.28 bits per heavy atom. The zero-order valence-corrected chi connectivity index (χ0v) is 18.4. The summed E-state index contributed by atoms with van der Waals surface area (Å²) in [6.45, 7) is 3.22. The van der Waals surface area contributed by atoms with Gasteiger partial charge in [-0.2, -0.15) is 0 Å². The van der Waals surface area contributed by atoms with Crippen LogP contribution >= 0.6 is 11.6 Å². The number of nitrogens with one attached hydrogen (secondary N) is 2. The first-order valence-electron chi connectivity index (χ1n) is 10.5. The maximum absolute atomic E-state index is 12.4. The van der Waals surface area contributed by atoms with Gasteiger partial charge in [0.25, 0.3) is 5.69 Å². The average molecular weight is 460 g/mol. The fourth-order valence-electron chi connectivity index (χ4n) is 3.42. The van der Waals surface area contributed by atoms with Crippen molar-refractivity contribution in [1.82, 2.24) is 10.2 Å². The van der Waals surface area contributed by atoms with Crippen molar-refractivity contribution in [3.05, 3.63) is 63.7 Å². The fraction of sp³-hybridized carbons (Fsp3) is 0.364. The lowest BCUT2D eigenvalue weighted by atomic mass is 10.2. The summed E-state index contributed by atoms with van der Waals surface area (Å²) in [5.41, 5.74) is 1.87. The quantitative estimate of drug-likeness (QED) is 0.339. The molecule has 0 radical (unpaired) electrons. The molecule has 0 atom stereocenters. The topological polar surface area (TPSA) is 108 Å². The summed E-state index contributed by atoms with van der Waals surface area (Å²) < 4.78 is 0. The van der Waals surface area contributed by atoms with Gasteiger partial charge in [0, 0.05) is 67.7 Å². The number of piperazine rings is 1. The van der Waals surface area contributed by atoms with Crippen molar-refractivity contribution in [2.24, 2.45) is 0 Å². The van der Waals surface area contributed by atoms with E-state index < -0.39 is 4.92 Å². The summed E-state index contributed by atoms with van der Waals surface area (Å²) >= 11 is 5.93. The van der Waals surface area contributed by atoms with Crippen LogP contribution in [-0.2, 0) is 9.59 Å². The Morgan fingerprint density at radius 2 is 1.66 bits per heavy atom. The van der Waals surface area contributed by atoms with Gasteiger partial charge >= 0.3 is 0 Å². The number of hydrogen-bond acceptors (Lipinski definition) is 6. The number of hydrogen-bond donors (Lipinski definition) is 2. The highest BCUT2D eigenvalue weighted by Gasteiger charge is 2.21. The lowest BCUT2D eigenvalue weighted by Crippen LogP contribution is -2.51. The molecule has 0 aliphatic carbocycles.